The number of hydrogen-bond acceptors (Lipinski definition) is 6. The molecule has 0 saturated heterocycles. The van der Waals surface area contributed by atoms with Gasteiger partial charge in [0.15, 0.2) is 0 Å². The van der Waals surface area contributed by atoms with Crippen molar-refractivity contribution in [3.05, 3.63) is 78.2 Å². The summed E-state index contributed by atoms with van der Waals surface area (Å²) in [6.07, 6.45) is 3.30. The molecule has 0 bridgehead atoms. The highest BCUT2D eigenvalue weighted by Gasteiger charge is 2.22. The topological polar surface area (TPSA) is 90.1 Å². The molecule has 2 aromatic heterocycles. The van der Waals surface area contributed by atoms with Crippen LogP contribution in [0.5, 0.6) is 5.75 Å². The van der Waals surface area contributed by atoms with Crippen LogP contribution in [0.3, 0.4) is 0 Å². The third-order valence-electron chi connectivity index (χ3n) is 4.66. The van der Waals surface area contributed by atoms with E-state index >= 15 is 0 Å². The van der Waals surface area contributed by atoms with Crippen LogP contribution < -0.4 is 10.1 Å². The van der Waals surface area contributed by atoms with E-state index < -0.39 is 0 Å². The fraction of sp³-hybridized carbons (Fsp3) is 0.130. The molecular formula is C23H20N4O3. The van der Waals surface area contributed by atoms with Crippen molar-refractivity contribution in [2.45, 2.75) is 13.3 Å². The lowest BCUT2D eigenvalue weighted by Gasteiger charge is -2.08. The molecule has 4 rings (SSSR count). The van der Waals surface area contributed by atoms with Crippen molar-refractivity contribution in [2.75, 3.05) is 12.4 Å². The van der Waals surface area contributed by atoms with Gasteiger partial charge >= 0.3 is 0 Å². The first-order chi connectivity index (χ1) is 14.7. The van der Waals surface area contributed by atoms with E-state index in [0.29, 0.717) is 17.0 Å². The molecule has 7 heteroatoms. The van der Waals surface area contributed by atoms with Crippen molar-refractivity contribution in [1.29, 1.82) is 0 Å². The molecule has 1 N–H and O–H groups in total. The molecular weight excluding hydrogens is 380 g/mol. The van der Waals surface area contributed by atoms with E-state index in [0.717, 1.165) is 22.4 Å². The van der Waals surface area contributed by atoms with Crippen LogP contribution in [-0.2, 0) is 11.2 Å². The lowest BCUT2D eigenvalue weighted by atomic mass is 10.0. The minimum absolute atomic E-state index is 0.204. The van der Waals surface area contributed by atoms with Crippen molar-refractivity contribution in [1.82, 2.24) is 15.1 Å². The average Bonchev–Trinajstić information content (AvgIpc) is 3.18. The lowest BCUT2D eigenvalue weighted by molar-refractivity contribution is -0.115. The second-order valence-corrected chi connectivity index (χ2v) is 6.72. The van der Waals surface area contributed by atoms with Gasteiger partial charge in [-0.1, -0.05) is 35.5 Å². The summed E-state index contributed by atoms with van der Waals surface area (Å²) in [6.45, 7) is 1.95. The summed E-state index contributed by atoms with van der Waals surface area (Å²) in [5.41, 5.74) is 4.47. The van der Waals surface area contributed by atoms with Crippen LogP contribution >= 0.6 is 0 Å². The Hall–Kier alpha value is -4.00. The molecule has 4 aromatic rings. The Balaban J connectivity index is 1.71. The predicted octanol–water partition coefficient (Wildman–Crippen LogP) is 4.30. The zero-order valence-electron chi connectivity index (χ0n) is 16.6. The maximum atomic E-state index is 12.6. The number of hydrogen-bond donors (Lipinski definition) is 1. The Morgan fingerprint density at radius 2 is 1.97 bits per heavy atom. The normalized spacial score (nSPS) is 10.6. The molecule has 0 saturated carbocycles. The number of anilines is 1. The van der Waals surface area contributed by atoms with Crippen LogP contribution in [0.1, 0.15) is 11.1 Å². The maximum absolute atomic E-state index is 12.6. The average molecular weight is 400 g/mol. The Bertz CT molecular complexity index is 1160. The summed E-state index contributed by atoms with van der Waals surface area (Å²) in [5.74, 6) is 0.824. The predicted molar refractivity (Wildman–Crippen MR) is 113 cm³/mol. The highest BCUT2D eigenvalue weighted by atomic mass is 16.5. The van der Waals surface area contributed by atoms with Gasteiger partial charge in [0, 0.05) is 11.8 Å². The zero-order valence-corrected chi connectivity index (χ0v) is 16.6. The van der Waals surface area contributed by atoms with Crippen LogP contribution in [-0.4, -0.2) is 28.1 Å². The van der Waals surface area contributed by atoms with Crippen molar-refractivity contribution < 1.29 is 14.1 Å². The number of rotatable bonds is 6. The van der Waals surface area contributed by atoms with Crippen LogP contribution in [0, 0.1) is 6.92 Å². The third kappa shape index (κ3) is 4.05. The maximum Gasteiger partial charge on any atom is 0.241 e. The lowest BCUT2D eigenvalue weighted by Crippen LogP contribution is -2.14. The van der Waals surface area contributed by atoms with Crippen LogP contribution in [0.25, 0.3) is 22.5 Å². The molecule has 150 valence electrons. The Labute approximate surface area is 173 Å². The SMILES string of the molecule is COc1ccc(-c2noc(NC(=O)Cc3ccccc3)c2-c2ccncn2)cc1C. The highest BCUT2D eigenvalue weighted by molar-refractivity contribution is 5.97. The first-order valence-corrected chi connectivity index (χ1v) is 9.40. The quantitative estimate of drug-likeness (QED) is 0.519. The number of benzene rings is 2. The summed E-state index contributed by atoms with van der Waals surface area (Å²) in [5, 5.41) is 7.06. The van der Waals surface area contributed by atoms with E-state index in [9.17, 15) is 4.79 Å². The first kappa shape index (κ1) is 19.3. The molecule has 2 aromatic carbocycles. The second-order valence-electron chi connectivity index (χ2n) is 6.72. The fourth-order valence-electron chi connectivity index (χ4n) is 3.23. The van der Waals surface area contributed by atoms with Crippen molar-refractivity contribution in [2.24, 2.45) is 0 Å². The third-order valence-corrected chi connectivity index (χ3v) is 4.66. The molecule has 1 amide bonds. The Kier molecular flexibility index (Phi) is 5.52. The van der Waals surface area contributed by atoms with Gasteiger partial charge < -0.3 is 9.26 Å². The molecule has 0 aliphatic carbocycles. The molecule has 2 heterocycles. The number of nitrogens with one attached hydrogen (secondary N) is 1. The Morgan fingerprint density at radius 1 is 1.13 bits per heavy atom. The fourth-order valence-corrected chi connectivity index (χ4v) is 3.23. The second kappa shape index (κ2) is 8.57. The van der Waals surface area contributed by atoms with Gasteiger partial charge in [0.25, 0.3) is 0 Å². The van der Waals surface area contributed by atoms with Crippen molar-refractivity contribution in [3.8, 4) is 28.3 Å². The summed E-state index contributed by atoms with van der Waals surface area (Å²) >= 11 is 0. The van der Waals surface area contributed by atoms with Gasteiger partial charge in [0.1, 0.15) is 17.8 Å². The number of amides is 1. The molecule has 0 atom stereocenters. The Morgan fingerprint density at radius 3 is 2.67 bits per heavy atom. The molecule has 0 radical (unpaired) electrons. The summed E-state index contributed by atoms with van der Waals surface area (Å²) in [6, 6.07) is 17.0. The van der Waals surface area contributed by atoms with E-state index in [2.05, 4.69) is 20.4 Å². The molecule has 0 aliphatic heterocycles. The number of nitrogens with zero attached hydrogens (tertiary/aromatic N) is 3. The minimum Gasteiger partial charge on any atom is -0.496 e. The minimum atomic E-state index is -0.204. The van der Waals surface area contributed by atoms with E-state index in [-0.39, 0.29) is 18.2 Å². The number of methoxy groups -OCH3 is 1. The molecule has 0 aliphatic rings. The van der Waals surface area contributed by atoms with Crippen molar-refractivity contribution in [3.63, 3.8) is 0 Å². The molecule has 0 unspecified atom stereocenters. The van der Waals surface area contributed by atoms with E-state index in [1.165, 1.54) is 6.33 Å². The van der Waals surface area contributed by atoms with Gasteiger partial charge in [-0.25, -0.2) is 9.97 Å². The van der Waals surface area contributed by atoms with Gasteiger partial charge in [-0.05, 0) is 42.3 Å². The number of aryl methyl sites for hydroxylation is 1. The number of ether oxygens (including phenoxy) is 1. The first-order valence-electron chi connectivity index (χ1n) is 9.40. The van der Waals surface area contributed by atoms with Crippen LogP contribution in [0.4, 0.5) is 5.88 Å². The molecule has 0 spiro atoms. The smallest absolute Gasteiger partial charge is 0.241 e. The highest BCUT2D eigenvalue weighted by Crippen LogP contribution is 2.37. The van der Waals surface area contributed by atoms with Crippen LogP contribution in [0.15, 0.2) is 71.6 Å². The van der Waals surface area contributed by atoms with Gasteiger partial charge in [-0.15, -0.1) is 0 Å². The standard InChI is InChI=1S/C23H20N4O3/c1-15-12-17(8-9-19(15)29-2)22-21(18-10-11-24-14-25-18)23(30-27-22)26-20(28)13-16-6-4-3-5-7-16/h3-12,14H,13H2,1-2H3,(H,26,28). The summed E-state index contributed by atoms with van der Waals surface area (Å²) in [4.78, 5) is 20.9. The largest absolute Gasteiger partial charge is 0.496 e. The van der Waals surface area contributed by atoms with Gasteiger partial charge in [0.05, 0.1) is 24.8 Å². The summed E-state index contributed by atoms with van der Waals surface area (Å²) < 4.78 is 10.9. The number of carbonyl (C=O) groups is 1. The van der Waals surface area contributed by atoms with E-state index in [1.807, 2.05) is 55.5 Å². The van der Waals surface area contributed by atoms with Crippen LogP contribution in [0.2, 0.25) is 0 Å². The van der Waals surface area contributed by atoms with E-state index in [4.69, 9.17) is 9.26 Å². The van der Waals surface area contributed by atoms with Crippen molar-refractivity contribution >= 4 is 11.8 Å². The van der Waals surface area contributed by atoms with Gasteiger partial charge in [-0.3, -0.25) is 10.1 Å². The number of aromatic nitrogens is 3. The zero-order chi connectivity index (χ0) is 20.9. The molecule has 0 fully saturated rings. The monoisotopic (exact) mass is 400 g/mol. The van der Waals surface area contributed by atoms with Gasteiger partial charge in [-0.2, -0.15) is 0 Å². The molecule has 7 nitrogen and oxygen atoms in total. The summed E-state index contributed by atoms with van der Waals surface area (Å²) in [7, 11) is 1.63. The molecule has 30 heavy (non-hydrogen) atoms. The number of carbonyl (C=O) groups excluding carboxylic acids is 1. The van der Waals surface area contributed by atoms with Gasteiger partial charge in [0.2, 0.25) is 11.8 Å². The van der Waals surface area contributed by atoms with E-state index in [1.54, 1.807) is 19.4 Å².